The molecule has 0 spiro atoms. The molecule has 2 heterocycles. The summed E-state index contributed by atoms with van der Waals surface area (Å²) >= 11 is 1.24. The lowest BCUT2D eigenvalue weighted by molar-refractivity contribution is -0.138. The summed E-state index contributed by atoms with van der Waals surface area (Å²) in [5, 5.41) is 9.17. The van der Waals surface area contributed by atoms with Crippen molar-refractivity contribution in [1.29, 1.82) is 0 Å². The standard InChI is InChI=1S/C36H28N2O6S/c1-2-43-35(42)30-31(24-11-5-3-6-12-24)37-36-38(32(30)25-13-7-4-8-14-25)33(39)29(45-36)21-27-15-9-10-16-28(27)44-22-23-17-19-26(20-18-23)34(40)41/h3-21,32H,2,22H2,1H3,(H,40,41)/b29-21-/t32-/m0/s1. The van der Waals surface area contributed by atoms with Crippen molar-refractivity contribution in [3.05, 3.63) is 162 Å². The number of carbonyl (C=O) groups is 2. The number of para-hydroxylation sites is 1. The van der Waals surface area contributed by atoms with Crippen LogP contribution in [0, 0.1) is 0 Å². The first-order valence-corrected chi connectivity index (χ1v) is 15.1. The Labute approximate surface area is 262 Å². The van der Waals surface area contributed by atoms with E-state index in [1.165, 1.54) is 23.5 Å². The van der Waals surface area contributed by atoms with E-state index in [1.807, 2.05) is 84.9 Å². The van der Waals surface area contributed by atoms with Gasteiger partial charge in [-0.25, -0.2) is 14.6 Å². The van der Waals surface area contributed by atoms with Gasteiger partial charge in [-0.3, -0.25) is 9.36 Å². The Morgan fingerprint density at radius 2 is 1.58 bits per heavy atom. The third-order valence-corrected chi connectivity index (χ3v) is 8.27. The Morgan fingerprint density at radius 1 is 0.911 bits per heavy atom. The van der Waals surface area contributed by atoms with E-state index in [-0.39, 0.29) is 24.3 Å². The average Bonchev–Trinajstić information content (AvgIpc) is 3.38. The number of esters is 1. The molecule has 9 heteroatoms. The smallest absolute Gasteiger partial charge is 0.338 e. The number of rotatable bonds is 9. The van der Waals surface area contributed by atoms with Crippen LogP contribution in [-0.4, -0.2) is 28.2 Å². The average molecular weight is 617 g/mol. The number of hydrogen-bond acceptors (Lipinski definition) is 7. The lowest BCUT2D eigenvalue weighted by Crippen LogP contribution is -2.40. The molecule has 0 aliphatic carbocycles. The number of carbonyl (C=O) groups excluding carboxylic acids is 1. The van der Waals surface area contributed by atoms with Crippen LogP contribution < -0.4 is 19.6 Å². The number of thiazole rings is 1. The van der Waals surface area contributed by atoms with E-state index in [0.717, 1.165) is 16.7 Å². The molecule has 1 aliphatic heterocycles. The number of carboxylic acids is 1. The summed E-state index contributed by atoms with van der Waals surface area (Å²) in [7, 11) is 0. The van der Waals surface area contributed by atoms with Gasteiger partial charge in [0.2, 0.25) is 0 Å². The van der Waals surface area contributed by atoms with Crippen LogP contribution in [0.15, 0.2) is 125 Å². The van der Waals surface area contributed by atoms with Crippen molar-refractivity contribution in [2.75, 3.05) is 6.61 Å². The van der Waals surface area contributed by atoms with Gasteiger partial charge in [-0.2, -0.15) is 0 Å². The van der Waals surface area contributed by atoms with Crippen molar-refractivity contribution in [3.8, 4) is 5.75 Å². The topological polar surface area (TPSA) is 107 Å². The molecule has 0 bridgehead atoms. The molecule has 6 rings (SSSR count). The summed E-state index contributed by atoms with van der Waals surface area (Å²) in [6, 6.07) is 31.9. The Hall–Kier alpha value is -5.54. The van der Waals surface area contributed by atoms with Crippen molar-refractivity contribution in [1.82, 2.24) is 4.57 Å². The van der Waals surface area contributed by atoms with Crippen LogP contribution in [0.1, 0.15) is 45.6 Å². The van der Waals surface area contributed by atoms with E-state index in [1.54, 1.807) is 29.7 Å². The maximum Gasteiger partial charge on any atom is 0.338 e. The molecule has 1 aliphatic rings. The Balaban J connectivity index is 1.47. The Kier molecular flexibility index (Phi) is 8.52. The third kappa shape index (κ3) is 6.11. The highest BCUT2D eigenvalue weighted by Gasteiger charge is 2.35. The molecule has 0 saturated carbocycles. The van der Waals surface area contributed by atoms with E-state index >= 15 is 0 Å². The predicted octanol–water partition coefficient (Wildman–Crippen LogP) is 5.21. The minimum atomic E-state index is -0.992. The highest BCUT2D eigenvalue weighted by atomic mass is 32.1. The van der Waals surface area contributed by atoms with Gasteiger partial charge in [0, 0.05) is 11.1 Å². The lowest BCUT2D eigenvalue weighted by Gasteiger charge is -2.25. The molecule has 0 saturated heterocycles. The van der Waals surface area contributed by atoms with Gasteiger partial charge < -0.3 is 14.6 Å². The quantitative estimate of drug-likeness (QED) is 0.228. The van der Waals surface area contributed by atoms with Gasteiger partial charge in [-0.1, -0.05) is 102 Å². The SMILES string of the molecule is CCOC(=O)C1=C(c2ccccc2)N=c2s/c(=C\c3ccccc3OCc3ccc(C(=O)O)cc3)c(=O)n2[C@H]1c1ccccc1. The predicted molar refractivity (Wildman–Crippen MR) is 172 cm³/mol. The number of carboxylic acid groups (broad SMARTS) is 1. The minimum Gasteiger partial charge on any atom is -0.488 e. The molecular formula is C36H28N2O6S. The van der Waals surface area contributed by atoms with Gasteiger partial charge in [0.25, 0.3) is 5.56 Å². The molecule has 224 valence electrons. The fraction of sp³-hybridized carbons (Fsp3) is 0.111. The second-order valence-corrected chi connectivity index (χ2v) is 11.2. The fourth-order valence-corrected chi connectivity index (χ4v) is 6.16. The molecule has 0 radical (unpaired) electrons. The number of hydrogen-bond donors (Lipinski definition) is 1. The van der Waals surface area contributed by atoms with Crippen molar-refractivity contribution < 1.29 is 24.2 Å². The second kappa shape index (κ2) is 13.0. The molecule has 1 aromatic heterocycles. The first-order valence-electron chi connectivity index (χ1n) is 14.3. The molecule has 0 unspecified atom stereocenters. The van der Waals surface area contributed by atoms with Crippen molar-refractivity contribution in [2.24, 2.45) is 4.99 Å². The van der Waals surface area contributed by atoms with Crippen LogP contribution in [0.25, 0.3) is 11.8 Å². The van der Waals surface area contributed by atoms with Crippen molar-refractivity contribution >= 4 is 35.0 Å². The summed E-state index contributed by atoms with van der Waals surface area (Å²) in [5.41, 5.74) is 3.67. The van der Waals surface area contributed by atoms with Gasteiger partial charge in [-0.05, 0) is 42.3 Å². The number of nitrogens with zero attached hydrogens (tertiary/aromatic N) is 2. The maximum absolute atomic E-state index is 14.2. The molecule has 0 fully saturated rings. The van der Waals surface area contributed by atoms with Crippen LogP contribution in [0.5, 0.6) is 5.75 Å². The van der Waals surface area contributed by atoms with Gasteiger partial charge in [0.05, 0.1) is 34.0 Å². The molecule has 8 nitrogen and oxygen atoms in total. The van der Waals surface area contributed by atoms with E-state index in [0.29, 0.717) is 31.9 Å². The number of benzene rings is 4. The molecule has 0 amide bonds. The highest BCUT2D eigenvalue weighted by molar-refractivity contribution is 7.07. The number of aromatic carboxylic acids is 1. The Bertz CT molecular complexity index is 2080. The van der Waals surface area contributed by atoms with Gasteiger partial charge in [0.15, 0.2) is 4.80 Å². The van der Waals surface area contributed by atoms with Crippen LogP contribution in [0.2, 0.25) is 0 Å². The first kappa shape index (κ1) is 29.5. The van der Waals surface area contributed by atoms with Crippen LogP contribution >= 0.6 is 11.3 Å². The second-order valence-electron chi connectivity index (χ2n) is 10.2. The van der Waals surface area contributed by atoms with Crippen LogP contribution in [0.4, 0.5) is 0 Å². The largest absolute Gasteiger partial charge is 0.488 e. The monoisotopic (exact) mass is 616 g/mol. The molecule has 5 aromatic rings. The van der Waals surface area contributed by atoms with Gasteiger partial charge in [0.1, 0.15) is 12.4 Å². The molecule has 1 N–H and O–H groups in total. The molecular weight excluding hydrogens is 588 g/mol. The van der Waals surface area contributed by atoms with E-state index in [4.69, 9.17) is 19.6 Å². The highest BCUT2D eigenvalue weighted by Crippen LogP contribution is 2.35. The zero-order chi connectivity index (χ0) is 31.3. The third-order valence-electron chi connectivity index (χ3n) is 7.29. The zero-order valence-corrected chi connectivity index (χ0v) is 25.1. The van der Waals surface area contributed by atoms with Crippen LogP contribution in [0.3, 0.4) is 0 Å². The van der Waals surface area contributed by atoms with E-state index < -0.39 is 18.0 Å². The minimum absolute atomic E-state index is 0.177. The summed E-state index contributed by atoms with van der Waals surface area (Å²) in [4.78, 5) is 44.3. The summed E-state index contributed by atoms with van der Waals surface area (Å²) in [6.07, 6.45) is 1.77. The van der Waals surface area contributed by atoms with E-state index in [9.17, 15) is 14.4 Å². The van der Waals surface area contributed by atoms with Crippen molar-refractivity contribution in [3.63, 3.8) is 0 Å². The van der Waals surface area contributed by atoms with Crippen molar-refractivity contribution in [2.45, 2.75) is 19.6 Å². The first-order chi connectivity index (χ1) is 21.9. The normalized spacial score (nSPS) is 14.4. The number of ether oxygens (including phenoxy) is 2. The fourth-order valence-electron chi connectivity index (χ4n) is 5.17. The number of fused-ring (bicyclic) bond motifs is 1. The van der Waals surface area contributed by atoms with Gasteiger partial charge >= 0.3 is 11.9 Å². The lowest BCUT2D eigenvalue weighted by atomic mass is 9.93. The zero-order valence-electron chi connectivity index (χ0n) is 24.3. The van der Waals surface area contributed by atoms with Crippen LogP contribution in [-0.2, 0) is 16.1 Å². The molecule has 45 heavy (non-hydrogen) atoms. The number of aromatic nitrogens is 1. The van der Waals surface area contributed by atoms with Gasteiger partial charge in [-0.15, -0.1) is 0 Å². The summed E-state index contributed by atoms with van der Waals surface area (Å²) in [5.74, 6) is -0.963. The maximum atomic E-state index is 14.2. The summed E-state index contributed by atoms with van der Waals surface area (Å²) < 4.78 is 13.6. The van der Waals surface area contributed by atoms with E-state index in [2.05, 4.69) is 0 Å². The molecule has 1 atom stereocenters. The Morgan fingerprint density at radius 3 is 2.27 bits per heavy atom. The summed E-state index contributed by atoms with van der Waals surface area (Å²) in [6.45, 7) is 2.14. The molecule has 4 aromatic carbocycles.